The monoisotopic (exact) mass is 212 g/mol. The van der Waals surface area contributed by atoms with Crippen LogP contribution in [0.3, 0.4) is 0 Å². The Bertz CT molecular complexity index is 175. The summed E-state index contributed by atoms with van der Waals surface area (Å²) in [5, 5.41) is 3.66. The minimum atomic E-state index is 0.362. The van der Waals surface area contributed by atoms with Gasteiger partial charge in [-0.3, -0.25) is 4.90 Å². The van der Waals surface area contributed by atoms with E-state index in [4.69, 9.17) is 0 Å². The van der Waals surface area contributed by atoms with Crippen LogP contribution >= 0.6 is 0 Å². The van der Waals surface area contributed by atoms with Crippen LogP contribution in [0.1, 0.15) is 53.4 Å². The summed E-state index contributed by atoms with van der Waals surface area (Å²) in [6.07, 6.45) is 5.25. The first-order valence-electron chi connectivity index (χ1n) is 6.67. The fourth-order valence-corrected chi connectivity index (χ4v) is 2.97. The van der Waals surface area contributed by atoms with Crippen LogP contribution in [0.2, 0.25) is 0 Å². The van der Waals surface area contributed by atoms with E-state index >= 15 is 0 Å². The molecular formula is C13H28N2. The zero-order valence-electron chi connectivity index (χ0n) is 11.0. The number of likely N-dealkylation sites (N-methyl/N-ethyl adjacent to an activating group) is 1. The molecule has 1 rings (SSSR count). The van der Waals surface area contributed by atoms with Gasteiger partial charge in [0.2, 0.25) is 0 Å². The van der Waals surface area contributed by atoms with Crippen LogP contribution in [0.5, 0.6) is 0 Å². The van der Waals surface area contributed by atoms with Crippen molar-refractivity contribution in [3.8, 4) is 0 Å². The number of hydrogen-bond donors (Lipinski definition) is 1. The molecule has 2 atom stereocenters. The number of nitrogens with one attached hydrogen (secondary N) is 1. The highest BCUT2D eigenvalue weighted by Crippen LogP contribution is 2.29. The molecule has 1 saturated heterocycles. The quantitative estimate of drug-likeness (QED) is 0.728. The van der Waals surface area contributed by atoms with Crippen LogP contribution in [-0.2, 0) is 0 Å². The Labute approximate surface area is 95.4 Å². The van der Waals surface area contributed by atoms with Crippen molar-refractivity contribution >= 4 is 0 Å². The third-order valence-corrected chi connectivity index (χ3v) is 4.15. The van der Waals surface area contributed by atoms with Crippen molar-refractivity contribution in [2.24, 2.45) is 0 Å². The normalized spacial score (nSPS) is 24.0. The van der Waals surface area contributed by atoms with E-state index in [1.54, 1.807) is 0 Å². The van der Waals surface area contributed by atoms with E-state index in [9.17, 15) is 0 Å². The van der Waals surface area contributed by atoms with Crippen molar-refractivity contribution in [1.29, 1.82) is 0 Å². The average molecular weight is 212 g/mol. The van der Waals surface area contributed by atoms with Crippen molar-refractivity contribution in [3.63, 3.8) is 0 Å². The molecule has 1 aliphatic rings. The van der Waals surface area contributed by atoms with Crippen LogP contribution in [0, 0.1) is 0 Å². The van der Waals surface area contributed by atoms with E-state index in [-0.39, 0.29) is 0 Å². The maximum atomic E-state index is 3.66. The molecule has 2 unspecified atom stereocenters. The van der Waals surface area contributed by atoms with Gasteiger partial charge in [-0.15, -0.1) is 0 Å². The molecule has 90 valence electrons. The lowest BCUT2D eigenvalue weighted by Crippen LogP contribution is -2.58. The molecule has 1 aliphatic heterocycles. The molecule has 0 aromatic carbocycles. The van der Waals surface area contributed by atoms with Gasteiger partial charge in [0, 0.05) is 11.6 Å². The largest absolute Gasteiger partial charge is 0.312 e. The zero-order valence-corrected chi connectivity index (χ0v) is 11.0. The van der Waals surface area contributed by atoms with Gasteiger partial charge >= 0.3 is 0 Å². The molecule has 2 nitrogen and oxygen atoms in total. The molecule has 0 amide bonds. The van der Waals surface area contributed by atoms with Gasteiger partial charge in [0.05, 0.1) is 0 Å². The average Bonchev–Trinajstić information content (AvgIpc) is 2.78. The molecule has 0 bridgehead atoms. The van der Waals surface area contributed by atoms with Gasteiger partial charge in [-0.25, -0.2) is 0 Å². The maximum Gasteiger partial charge on any atom is 0.0331 e. The predicted molar refractivity (Wildman–Crippen MR) is 67.3 cm³/mol. The predicted octanol–water partition coefficient (Wildman–Crippen LogP) is 2.64. The van der Waals surface area contributed by atoms with Crippen molar-refractivity contribution in [2.75, 3.05) is 19.6 Å². The van der Waals surface area contributed by atoms with Gasteiger partial charge in [0.1, 0.15) is 0 Å². The summed E-state index contributed by atoms with van der Waals surface area (Å²) in [4.78, 5) is 2.70. The summed E-state index contributed by atoms with van der Waals surface area (Å²) in [6, 6.07) is 0.644. The molecule has 0 aliphatic carbocycles. The van der Waals surface area contributed by atoms with Crippen molar-refractivity contribution in [3.05, 3.63) is 0 Å². The minimum absolute atomic E-state index is 0.362. The second-order valence-corrected chi connectivity index (χ2v) is 4.92. The molecule has 1 fully saturated rings. The summed E-state index contributed by atoms with van der Waals surface area (Å²) >= 11 is 0. The van der Waals surface area contributed by atoms with Crippen LogP contribution in [-0.4, -0.2) is 36.1 Å². The first-order valence-corrected chi connectivity index (χ1v) is 6.67. The lowest BCUT2D eigenvalue weighted by molar-refractivity contribution is 0.0831. The molecule has 0 saturated carbocycles. The second kappa shape index (κ2) is 5.86. The fourth-order valence-electron chi connectivity index (χ4n) is 2.97. The summed E-state index contributed by atoms with van der Waals surface area (Å²) in [6.45, 7) is 13.0. The van der Waals surface area contributed by atoms with Gasteiger partial charge in [0.25, 0.3) is 0 Å². The maximum absolute atomic E-state index is 3.66. The number of likely N-dealkylation sites (tertiary alicyclic amines) is 1. The molecule has 2 heteroatoms. The van der Waals surface area contributed by atoms with Gasteiger partial charge in [-0.1, -0.05) is 20.8 Å². The third-order valence-electron chi connectivity index (χ3n) is 4.15. The third kappa shape index (κ3) is 2.73. The number of hydrogen-bond acceptors (Lipinski definition) is 2. The highest BCUT2D eigenvalue weighted by Gasteiger charge is 2.37. The number of rotatable bonds is 6. The molecule has 0 aromatic heterocycles. The van der Waals surface area contributed by atoms with Crippen molar-refractivity contribution in [2.45, 2.75) is 65.0 Å². The highest BCUT2D eigenvalue weighted by atomic mass is 15.2. The van der Waals surface area contributed by atoms with E-state index in [1.807, 2.05) is 0 Å². The Morgan fingerprint density at radius 3 is 2.20 bits per heavy atom. The van der Waals surface area contributed by atoms with E-state index in [2.05, 4.69) is 37.9 Å². The molecule has 0 spiro atoms. The van der Waals surface area contributed by atoms with Crippen molar-refractivity contribution in [1.82, 2.24) is 10.2 Å². The van der Waals surface area contributed by atoms with Gasteiger partial charge in [0.15, 0.2) is 0 Å². The summed E-state index contributed by atoms with van der Waals surface area (Å²) in [5.74, 6) is 0. The van der Waals surface area contributed by atoms with Crippen LogP contribution in [0.15, 0.2) is 0 Å². The smallest absolute Gasteiger partial charge is 0.0331 e. The highest BCUT2D eigenvalue weighted by molar-refractivity contribution is 4.97. The Balaban J connectivity index is 2.70. The minimum Gasteiger partial charge on any atom is -0.312 e. The Hall–Kier alpha value is -0.0800. The SMILES string of the molecule is CCNC(CC)C(C)(CC)N1CCCC1. The molecule has 0 radical (unpaired) electrons. The van der Waals surface area contributed by atoms with E-state index in [0.717, 1.165) is 6.54 Å². The summed E-state index contributed by atoms with van der Waals surface area (Å²) in [5.41, 5.74) is 0.362. The molecule has 1 N–H and O–H groups in total. The Kier molecular flexibility index (Phi) is 5.07. The molecular weight excluding hydrogens is 184 g/mol. The van der Waals surface area contributed by atoms with Crippen LogP contribution < -0.4 is 5.32 Å². The standard InChI is InChI=1S/C13H28N2/c1-5-12(14-7-3)13(4,6-2)15-10-8-9-11-15/h12,14H,5-11H2,1-4H3. The lowest BCUT2D eigenvalue weighted by atomic mass is 9.85. The molecule has 15 heavy (non-hydrogen) atoms. The lowest BCUT2D eigenvalue weighted by Gasteiger charge is -2.44. The van der Waals surface area contributed by atoms with Crippen LogP contribution in [0.25, 0.3) is 0 Å². The van der Waals surface area contributed by atoms with Crippen molar-refractivity contribution < 1.29 is 0 Å². The number of nitrogens with zero attached hydrogens (tertiary/aromatic N) is 1. The first-order chi connectivity index (χ1) is 7.19. The Morgan fingerprint density at radius 1 is 1.20 bits per heavy atom. The first kappa shape index (κ1) is 13.0. The fraction of sp³-hybridized carbons (Fsp3) is 1.00. The van der Waals surface area contributed by atoms with E-state index in [1.165, 1.54) is 38.8 Å². The van der Waals surface area contributed by atoms with Crippen LogP contribution in [0.4, 0.5) is 0 Å². The summed E-state index contributed by atoms with van der Waals surface area (Å²) in [7, 11) is 0. The molecule has 0 aromatic rings. The molecule has 1 heterocycles. The second-order valence-electron chi connectivity index (χ2n) is 4.92. The zero-order chi connectivity index (χ0) is 11.3. The summed E-state index contributed by atoms with van der Waals surface area (Å²) < 4.78 is 0. The van der Waals surface area contributed by atoms with Gasteiger partial charge in [-0.05, 0) is 52.2 Å². The van der Waals surface area contributed by atoms with Gasteiger partial charge < -0.3 is 5.32 Å². The topological polar surface area (TPSA) is 15.3 Å². The van der Waals surface area contributed by atoms with E-state index < -0.39 is 0 Å². The Morgan fingerprint density at radius 2 is 1.80 bits per heavy atom. The van der Waals surface area contributed by atoms with Gasteiger partial charge in [-0.2, -0.15) is 0 Å². The van der Waals surface area contributed by atoms with E-state index in [0.29, 0.717) is 11.6 Å².